The molecule has 0 unspecified atom stereocenters. The molecule has 0 aromatic carbocycles. The predicted octanol–water partition coefficient (Wildman–Crippen LogP) is 2.19. The number of rotatable bonds is 3. The van der Waals surface area contributed by atoms with E-state index in [1.807, 2.05) is 18.6 Å². The maximum Gasteiger partial charge on any atom is 0.259 e. The average molecular weight is 285 g/mol. The van der Waals surface area contributed by atoms with E-state index >= 15 is 0 Å². The van der Waals surface area contributed by atoms with Gasteiger partial charge < -0.3 is 0 Å². The highest BCUT2D eigenvalue weighted by Crippen LogP contribution is 2.24. The van der Waals surface area contributed by atoms with E-state index in [1.165, 1.54) is 17.5 Å². The van der Waals surface area contributed by atoms with Crippen LogP contribution in [-0.2, 0) is 7.05 Å². The molecule has 20 heavy (non-hydrogen) atoms. The summed E-state index contributed by atoms with van der Waals surface area (Å²) in [6.45, 7) is 0. The first-order valence-corrected chi connectivity index (χ1v) is 6.76. The van der Waals surface area contributed by atoms with E-state index in [0.29, 0.717) is 10.7 Å². The molecule has 3 aromatic heterocycles. The third-order valence-electron chi connectivity index (χ3n) is 2.65. The standard InChI is InChI=1S/C13H11N5OS/c1-18-7-10(6-15-18)11-8-20-13(16-11)17-12(19)9-3-2-4-14-5-9/h2-8H,1H3,(H,16,17,19). The molecular formula is C13H11N5OS. The lowest BCUT2D eigenvalue weighted by Gasteiger charge is -2.00. The summed E-state index contributed by atoms with van der Waals surface area (Å²) in [5.41, 5.74) is 2.22. The van der Waals surface area contributed by atoms with Crippen molar-refractivity contribution in [2.24, 2.45) is 7.05 Å². The van der Waals surface area contributed by atoms with Gasteiger partial charge in [0.15, 0.2) is 5.13 Å². The van der Waals surface area contributed by atoms with Gasteiger partial charge in [-0.05, 0) is 12.1 Å². The van der Waals surface area contributed by atoms with Crippen LogP contribution in [0.1, 0.15) is 10.4 Å². The number of carbonyl (C=O) groups excluding carboxylic acids is 1. The lowest BCUT2D eigenvalue weighted by atomic mass is 10.3. The molecule has 100 valence electrons. The minimum Gasteiger partial charge on any atom is -0.298 e. The van der Waals surface area contributed by atoms with Crippen LogP contribution in [0.25, 0.3) is 11.3 Å². The summed E-state index contributed by atoms with van der Waals surface area (Å²) in [5, 5.41) is 9.29. The van der Waals surface area contributed by atoms with E-state index in [2.05, 4.69) is 20.4 Å². The number of nitrogens with one attached hydrogen (secondary N) is 1. The van der Waals surface area contributed by atoms with Crippen molar-refractivity contribution < 1.29 is 4.79 Å². The van der Waals surface area contributed by atoms with E-state index in [1.54, 1.807) is 29.2 Å². The lowest BCUT2D eigenvalue weighted by molar-refractivity contribution is 0.102. The van der Waals surface area contributed by atoms with Crippen LogP contribution in [0.15, 0.2) is 42.3 Å². The Hall–Kier alpha value is -2.54. The summed E-state index contributed by atoms with van der Waals surface area (Å²) in [4.78, 5) is 20.2. The van der Waals surface area contributed by atoms with Gasteiger partial charge in [-0.2, -0.15) is 5.10 Å². The Morgan fingerprint density at radius 2 is 2.30 bits per heavy atom. The van der Waals surface area contributed by atoms with Gasteiger partial charge in [-0.1, -0.05) is 0 Å². The molecule has 0 aliphatic rings. The third kappa shape index (κ3) is 2.57. The molecule has 0 fully saturated rings. The Bertz CT molecular complexity index is 734. The van der Waals surface area contributed by atoms with Crippen molar-refractivity contribution in [2.45, 2.75) is 0 Å². The number of anilines is 1. The summed E-state index contributed by atoms with van der Waals surface area (Å²) in [6, 6.07) is 3.43. The minimum atomic E-state index is -0.217. The molecule has 0 spiro atoms. The van der Waals surface area contributed by atoms with Gasteiger partial charge in [0.25, 0.3) is 5.91 Å². The monoisotopic (exact) mass is 285 g/mol. The summed E-state index contributed by atoms with van der Waals surface area (Å²) in [5.74, 6) is -0.217. The fraction of sp³-hybridized carbons (Fsp3) is 0.0769. The topological polar surface area (TPSA) is 72.7 Å². The second-order valence-corrected chi connectivity index (χ2v) is 4.99. The Morgan fingerprint density at radius 1 is 1.40 bits per heavy atom. The second kappa shape index (κ2) is 5.22. The first-order chi connectivity index (χ1) is 9.72. The van der Waals surface area contributed by atoms with Crippen LogP contribution in [0.5, 0.6) is 0 Å². The van der Waals surface area contributed by atoms with E-state index in [9.17, 15) is 4.79 Å². The molecule has 3 aromatic rings. The number of nitrogens with zero attached hydrogens (tertiary/aromatic N) is 4. The van der Waals surface area contributed by atoms with Crippen molar-refractivity contribution in [3.63, 3.8) is 0 Å². The molecule has 3 heterocycles. The molecular weight excluding hydrogens is 274 g/mol. The summed E-state index contributed by atoms with van der Waals surface area (Å²) in [6.07, 6.45) is 6.76. The van der Waals surface area contributed by atoms with Crippen molar-refractivity contribution in [1.29, 1.82) is 0 Å². The highest BCUT2D eigenvalue weighted by atomic mass is 32.1. The van der Waals surface area contributed by atoms with Gasteiger partial charge in [-0.25, -0.2) is 4.98 Å². The number of aryl methyl sites for hydroxylation is 1. The molecule has 0 aliphatic heterocycles. The molecule has 0 bridgehead atoms. The van der Waals surface area contributed by atoms with Gasteiger partial charge in [0.05, 0.1) is 17.5 Å². The summed E-state index contributed by atoms with van der Waals surface area (Å²) >= 11 is 1.38. The molecule has 0 aliphatic carbocycles. The molecule has 1 N–H and O–H groups in total. The number of carbonyl (C=O) groups is 1. The van der Waals surface area contributed by atoms with E-state index in [0.717, 1.165) is 11.3 Å². The first-order valence-electron chi connectivity index (χ1n) is 5.88. The van der Waals surface area contributed by atoms with Crippen molar-refractivity contribution >= 4 is 22.4 Å². The van der Waals surface area contributed by atoms with E-state index in [-0.39, 0.29) is 5.91 Å². The maximum atomic E-state index is 12.0. The van der Waals surface area contributed by atoms with Crippen LogP contribution in [0.4, 0.5) is 5.13 Å². The van der Waals surface area contributed by atoms with Gasteiger partial charge in [0, 0.05) is 36.6 Å². The molecule has 1 amide bonds. The molecule has 6 nitrogen and oxygen atoms in total. The fourth-order valence-corrected chi connectivity index (χ4v) is 2.40. The Labute approximate surface area is 119 Å². The number of pyridine rings is 1. The van der Waals surface area contributed by atoms with Gasteiger partial charge in [-0.15, -0.1) is 11.3 Å². The molecule has 0 radical (unpaired) electrons. The van der Waals surface area contributed by atoms with Crippen molar-refractivity contribution in [3.8, 4) is 11.3 Å². The molecule has 7 heteroatoms. The summed E-state index contributed by atoms with van der Waals surface area (Å²) in [7, 11) is 1.85. The Balaban J connectivity index is 1.76. The number of hydrogen-bond acceptors (Lipinski definition) is 5. The van der Waals surface area contributed by atoms with Gasteiger partial charge in [0.1, 0.15) is 0 Å². The second-order valence-electron chi connectivity index (χ2n) is 4.14. The van der Waals surface area contributed by atoms with Crippen molar-refractivity contribution in [1.82, 2.24) is 19.7 Å². The van der Waals surface area contributed by atoms with Crippen molar-refractivity contribution in [2.75, 3.05) is 5.32 Å². The number of aromatic nitrogens is 4. The number of amides is 1. The van der Waals surface area contributed by atoms with Crippen LogP contribution in [0.2, 0.25) is 0 Å². The lowest BCUT2D eigenvalue weighted by Crippen LogP contribution is -2.11. The summed E-state index contributed by atoms with van der Waals surface area (Å²) < 4.78 is 1.71. The zero-order valence-electron chi connectivity index (χ0n) is 10.6. The van der Waals surface area contributed by atoms with Crippen LogP contribution < -0.4 is 5.32 Å². The molecule has 0 saturated heterocycles. The maximum absolute atomic E-state index is 12.0. The van der Waals surface area contributed by atoms with E-state index < -0.39 is 0 Å². The average Bonchev–Trinajstić information content (AvgIpc) is 3.09. The van der Waals surface area contributed by atoms with Gasteiger partial charge in [0.2, 0.25) is 0 Å². The quantitative estimate of drug-likeness (QED) is 0.800. The van der Waals surface area contributed by atoms with Crippen LogP contribution >= 0.6 is 11.3 Å². The predicted molar refractivity (Wildman–Crippen MR) is 76.5 cm³/mol. The zero-order valence-corrected chi connectivity index (χ0v) is 11.5. The Morgan fingerprint density at radius 3 is 3.00 bits per heavy atom. The molecule has 3 rings (SSSR count). The SMILES string of the molecule is Cn1cc(-c2csc(NC(=O)c3cccnc3)n2)cn1. The van der Waals surface area contributed by atoms with Crippen LogP contribution in [0.3, 0.4) is 0 Å². The number of thiazole rings is 1. The Kier molecular flexibility index (Phi) is 3.26. The highest BCUT2D eigenvalue weighted by Gasteiger charge is 2.10. The molecule has 0 saturated carbocycles. The fourth-order valence-electron chi connectivity index (χ4n) is 1.68. The number of hydrogen-bond donors (Lipinski definition) is 1. The first kappa shape index (κ1) is 12.5. The van der Waals surface area contributed by atoms with Crippen LogP contribution in [0, 0.1) is 0 Å². The smallest absolute Gasteiger partial charge is 0.259 e. The van der Waals surface area contributed by atoms with Crippen LogP contribution in [-0.4, -0.2) is 25.7 Å². The third-order valence-corrected chi connectivity index (χ3v) is 3.41. The highest BCUT2D eigenvalue weighted by molar-refractivity contribution is 7.14. The molecule has 0 atom stereocenters. The largest absolute Gasteiger partial charge is 0.298 e. The van der Waals surface area contributed by atoms with Gasteiger partial charge >= 0.3 is 0 Å². The van der Waals surface area contributed by atoms with E-state index in [4.69, 9.17) is 0 Å². The zero-order chi connectivity index (χ0) is 13.9. The normalized spacial score (nSPS) is 10.4. The van der Waals surface area contributed by atoms with Gasteiger partial charge in [-0.3, -0.25) is 19.8 Å². The minimum absolute atomic E-state index is 0.217. The van der Waals surface area contributed by atoms with Crippen molar-refractivity contribution in [3.05, 3.63) is 47.9 Å².